The Morgan fingerprint density at radius 3 is 2.93 bits per heavy atom. The fourth-order valence-electron chi connectivity index (χ4n) is 1.86. The lowest BCUT2D eigenvalue weighted by molar-refractivity contribution is 0.142. The van der Waals surface area contributed by atoms with E-state index in [-0.39, 0.29) is 5.54 Å². The van der Waals surface area contributed by atoms with Gasteiger partial charge in [-0.2, -0.15) is 0 Å². The van der Waals surface area contributed by atoms with Crippen molar-refractivity contribution in [1.29, 1.82) is 0 Å². The Hall–Kier alpha value is -0.160. The third-order valence-corrected chi connectivity index (χ3v) is 3.09. The Kier molecular flexibility index (Phi) is 4.81. The Morgan fingerprint density at radius 1 is 1.64 bits per heavy atom. The molecule has 14 heavy (non-hydrogen) atoms. The van der Waals surface area contributed by atoms with Gasteiger partial charge in [0.1, 0.15) is 0 Å². The highest BCUT2D eigenvalue weighted by molar-refractivity contribution is 4.93. The minimum Gasteiger partial charge on any atom is -0.383 e. The molecule has 0 aliphatic carbocycles. The van der Waals surface area contributed by atoms with E-state index in [9.17, 15) is 0 Å². The highest BCUT2D eigenvalue weighted by Gasteiger charge is 2.34. The van der Waals surface area contributed by atoms with Crippen molar-refractivity contribution >= 4 is 0 Å². The van der Waals surface area contributed by atoms with E-state index in [2.05, 4.69) is 12.2 Å². The van der Waals surface area contributed by atoms with Crippen LogP contribution in [-0.4, -0.2) is 45.6 Å². The van der Waals surface area contributed by atoms with Crippen LogP contribution in [0.1, 0.15) is 13.3 Å². The van der Waals surface area contributed by atoms with Crippen LogP contribution in [0.5, 0.6) is 0 Å². The number of ether oxygens (including phenoxy) is 2. The van der Waals surface area contributed by atoms with E-state index < -0.39 is 0 Å². The number of methoxy groups -OCH3 is 1. The van der Waals surface area contributed by atoms with Crippen molar-refractivity contribution in [2.24, 2.45) is 11.7 Å². The molecule has 0 aromatic rings. The van der Waals surface area contributed by atoms with Gasteiger partial charge >= 0.3 is 0 Å². The highest BCUT2D eigenvalue weighted by atomic mass is 16.5. The van der Waals surface area contributed by atoms with E-state index in [1.807, 2.05) is 0 Å². The fourth-order valence-corrected chi connectivity index (χ4v) is 1.86. The summed E-state index contributed by atoms with van der Waals surface area (Å²) in [7, 11) is 1.71. The van der Waals surface area contributed by atoms with Crippen LogP contribution in [-0.2, 0) is 9.47 Å². The smallest absolute Gasteiger partial charge is 0.0587 e. The average molecular weight is 202 g/mol. The van der Waals surface area contributed by atoms with Gasteiger partial charge in [-0.25, -0.2) is 0 Å². The van der Waals surface area contributed by atoms with Crippen LogP contribution >= 0.6 is 0 Å². The topological polar surface area (TPSA) is 56.5 Å². The zero-order valence-electron chi connectivity index (χ0n) is 9.21. The molecular weight excluding hydrogens is 180 g/mol. The van der Waals surface area contributed by atoms with E-state index >= 15 is 0 Å². The van der Waals surface area contributed by atoms with Gasteiger partial charge in [0.2, 0.25) is 0 Å². The zero-order chi connectivity index (χ0) is 10.4. The largest absolute Gasteiger partial charge is 0.383 e. The van der Waals surface area contributed by atoms with Crippen molar-refractivity contribution in [3.8, 4) is 0 Å². The highest BCUT2D eigenvalue weighted by Crippen LogP contribution is 2.24. The minimum absolute atomic E-state index is 0.00493. The summed E-state index contributed by atoms with van der Waals surface area (Å²) in [6, 6.07) is 0. The lowest BCUT2D eigenvalue weighted by Gasteiger charge is -2.34. The maximum atomic E-state index is 5.81. The summed E-state index contributed by atoms with van der Waals surface area (Å²) in [4.78, 5) is 0. The first-order valence-corrected chi connectivity index (χ1v) is 5.24. The summed E-state index contributed by atoms with van der Waals surface area (Å²) in [5, 5.41) is 3.46. The standard InChI is InChI=1S/C10H22N2O2/c1-10(8-11,12-4-6-13-2)9-3-5-14-7-9/h9,12H,3-8,11H2,1-2H3. The van der Waals surface area contributed by atoms with Crippen molar-refractivity contribution in [1.82, 2.24) is 5.32 Å². The van der Waals surface area contributed by atoms with Gasteiger partial charge < -0.3 is 20.5 Å². The molecule has 2 atom stereocenters. The van der Waals surface area contributed by atoms with Gasteiger partial charge in [-0.1, -0.05) is 0 Å². The molecule has 0 aromatic carbocycles. The maximum Gasteiger partial charge on any atom is 0.0587 e. The van der Waals surface area contributed by atoms with E-state index in [4.69, 9.17) is 15.2 Å². The number of hydrogen-bond donors (Lipinski definition) is 2. The summed E-state index contributed by atoms with van der Waals surface area (Å²) in [6.45, 7) is 6.08. The molecule has 0 radical (unpaired) electrons. The van der Waals surface area contributed by atoms with Crippen molar-refractivity contribution < 1.29 is 9.47 Å². The third-order valence-electron chi connectivity index (χ3n) is 3.09. The Balaban J connectivity index is 2.38. The first-order chi connectivity index (χ1) is 6.73. The van der Waals surface area contributed by atoms with Gasteiger partial charge in [-0.05, 0) is 13.3 Å². The molecule has 2 unspecified atom stereocenters. The SMILES string of the molecule is COCCNC(C)(CN)C1CCOC1. The molecule has 84 valence electrons. The quantitative estimate of drug-likeness (QED) is 0.594. The normalized spacial score (nSPS) is 26.4. The summed E-state index contributed by atoms with van der Waals surface area (Å²) >= 11 is 0. The molecule has 0 saturated carbocycles. The molecule has 1 aliphatic heterocycles. The summed E-state index contributed by atoms with van der Waals surface area (Å²) in [5.41, 5.74) is 5.81. The van der Waals surface area contributed by atoms with Crippen LogP contribution in [0.25, 0.3) is 0 Å². The van der Waals surface area contributed by atoms with Crippen LogP contribution in [0, 0.1) is 5.92 Å². The molecular formula is C10H22N2O2. The van der Waals surface area contributed by atoms with Crippen LogP contribution in [0.2, 0.25) is 0 Å². The van der Waals surface area contributed by atoms with Crippen molar-refractivity contribution in [2.75, 3.05) is 40.0 Å². The second-order valence-corrected chi connectivity index (χ2v) is 4.10. The molecule has 4 nitrogen and oxygen atoms in total. The lowest BCUT2D eigenvalue weighted by Crippen LogP contribution is -2.55. The number of nitrogens with two attached hydrogens (primary N) is 1. The molecule has 0 aromatic heterocycles. The number of hydrogen-bond acceptors (Lipinski definition) is 4. The summed E-state index contributed by atoms with van der Waals surface area (Å²) in [6.07, 6.45) is 1.10. The molecule has 1 rings (SSSR count). The molecule has 1 heterocycles. The number of rotatable bonds is 6. The first kappa shape index (κ1) is 11.9. The third kappa shape index (κ3) is 2.92. The molecule has 1 fully saturated rings. The van der Waals surface area contributed by atoms with Crippen LogP contribution in [0.3, 0.4) is 0 Å². The Bertz CT molecular complexity index is 160. The second kappa shape index (κ2) is 5.66. The molecule has 0 spiro atoms. The monoisotopic (exact) mass is 202 g/mol. The van der Waals surface area contributed by atoms with Gasteiger partial charge in [0.05, 0.1) is 13.2 Å². The van der Waals surface area contributed by atoms with Crippen LogP contribution < -0.4 is 11.1 Å². The van der Waals surface area contributed by atoms with E-state index in [1.165, 1.54) is 0 Å². The van der Waals surface area contributed by atoms with E-state index in [0.717, 1.165) is 32.8 Å². The minimum atomic E-state index is -0.00493. The molecule has 4 heteroatoms. The molecule has 1 aliphatic rings. The van der Waals surface area contributed by atoms with Gasteiger partial charge in [0.15, 0.2) is 0 Å². The van der Waals surface area contributed by atoms with Crippen molar-refractivity contribution in [3.05, 3.63) is 0 Å². The first-order valence-electron chi connectivity index (χ1n) is 5.24. The van der Waals surface area contributed by atoms with E-state index in [0.29, 0.717) is 12.5 Å². The van der Waals surface area contributed by atoms with Gasteiger partial charge in [0.25, 0.3) is 0 Å². The lowest BCUT2D eigenvalue weighted by atomic mass is 9.85. The average Bonchev–Trinajstić information content (AvgIpc) is 2.71. The molecule has 0 bridgehead atoms. The summed E-state index contributed by atoms with van der Waals surface area (Å²) in [5.74, 6) is 0.532. The summed E-state index contributed by atoms with van der Waals surface area (Å²) < 4.78 is 10.4. The zero-order valence-corrected chi connectivity index (χ0v) is 9.21. The van der Waals surface area contributed by atoms with Gasteiger partial charge in [-0.15, -0.1) is 0 Å². The fraction of sp³-hybridized carbons (Fsp3) is 1.00. The molecule has 1 saturated heterocycles. The Morgan fingerprint density at radius 2 is 2.43 bits per heavy atom. The van der Waals surface area contributed by atoms with Crippen LogP contribution in [0.4, 0.5) is 0 Å². The maximum absolute atomic E-state index is 5.81. The molecule has 0 amide bonds. The van der Waals surface area contributed by atoms with E-state index in [1.54, 1.807) is 7.11 Å². The van der Waals surface area contributed by atoms with Crippen molar-refractivity contribution in [3.63, 3.8) is 0 Å². The second-order valence-electron chi connectivity index (χ2n) is 4.10. The predicted octanol–water partition coefficient (Wildman–Crippen LogP) is -0.0237. The molecule has 3 N–H and O–H groups in total. The predicted molar refractivity (Wildman–Crippen MR) is 56.3 cm³/mol. The number of nitrogens with one attached hydrogen (secondary N) is 1. The van der Waals surface area contributed by atoms with Crippen LogP contribution in [0.15, 0.2) is 0 Å². The van der Waals surface area contributed by atoms with Crippen molar-refractivity contribution in [2.45, 2.75) is 18.9 Å². The van der Waals surface area contributed by atoms with Gasteiger partial charge in [-0.3, -0.25) is 0 Å². The Labute approximate surface area is 86.1 Å². The van der Waals surface area contributed by atoms with Gasteiger partial charge in [0, 0.05) is 38.3 Å².